The standard InChI is InChI=1S/C31H22F8N4O7/c1-27(26(40)45)12-48-24-17(27)9-21(43-23(24)13-3-4-18-19(7-13)50-31(38,39)49-18)28(46,30(35,36)37)11-42-25(44)15-5-14-6-16(29(32,33)34)10-41-22(14)20(8-15)47-2/h3-10,46H,11-12H2,1-2H3,(H2,40,45)(H,42,44)/t27-,28?/m0/s1. The van der Waals surface area contributed by atoms with Gasteiger partial charge >= 0.3 is 18.6 Å². The number of primary amides is 1. The van der Waals surface area contributed by atoms with E-state index < -0.39 is 88.6 Å². The molecule has 2 aromatic heterocycles. The van der Waals surface area contributed by atoms with E-state index in [1.807, 2.05) is 5.32 Å². The predicted octanol–water partition coefficient (Wildman–Crippen LogP) is 4.96. The van der Waals surface area contributed by atoms with E-state index in [2.05, 4.69) is 19.4 Å². The molecule has 1 unspecified atom stereocenters. The molecule has 4 heterocycles. The summed E-state index contributed by atoms with van der Waals surface area (Å²) < 4.78 is 131. The average molecular weight is 715 g/mol. The highest BCUT2D eigenvalue weighted by Gasteiger charge is 2.58. The van der Waals surface area contributed by atoms with Crippen molar-refractivity contribution in [3.63, 3.8) is 0 Å². The maximum absolute atomic E-state index is 14.8. The first-order valence-corrected chi connectivity index (χ1v) is 14.2. The van der Waals surface area contributed by atoms with Gasteiger partial charge in [-0.05, 0) is 49.4 Å². The molecule has 19 heteroatoms. The van der Waals surface area contributed by atoms with Crippen LogP contribution in [-0.2, 0) is 22.0 Å². The third kappa shape index (κ3) is 5.69. The number of hydrogen-bond donors (Lipinski definition) is 3. The topological polar surface area (TPSA) is 155 Å². The van der Waals surface area contributed by atoms with Gasteiger partial charge in [-0.1, -0.05) is 0 Å². The summed E-state index contributed by atoms with van der Waals surface area (Å²) in [6, 6.07) is 6.48. The van der Waals surface area contributed by atoms with E-state index in [0.717, 1.165) is 43.5 Å². The molecule has 2 aromatic carbocycles. The normalized spacial score (nSPS) is 19.0. The Hall–Kier alpha value is -5.46. The Labute approximate surface area is 274 Å². The minimum atomic E-state index is -5.58. The molecule has 0 fully saturated rings. The number of benzene rings is 2. The second kappa shape index (κ2) is 11.3. The van der Waals surface area contributed by atoms with Crippen LogP contribution in [0.1, 0.15) is 34.1 Å². The van der Waals surface area contributed by atoms with E-state index in [9.17, 15) is 49.8 Å². The number of aromatic nitrogens is 2. The number of carbonyl (C=O) groups is 2. The highest BCUT2D eigenvalue weighted by atomic mass is 19.4. The SMILES string of the molecule is COc1cc(C(=O)NCC(O)(c2cc3c(c(-c4ccc5c(c4)OC(F)(F)O5)n2)OC[C@]3(C)C(N)=O)C(F)(F)F)cc2cc(C(F)(F)F)cnc12. The van der Waals surface area contributed by atoms with Crippen LogP contribution in [0.2, 0.25) is 0 Å². The Bertz CT molecular complexity index is 2070. The second-order valence-electron chi connectivity index (χ2n) is 11.6. The summed E-state index contributed by atoms with van der Waals surface area (Å²) in [6.45, 7) is -0.812. The van der Waals surface area contributed by atoms with Gasteiger partial charge < -0.3 is 35.1 Å². The van der Waals surface area contributed by atoms with Crippen LogP contribution in [0.15, 0.2) is 48.7 Å². The van der Waals surface area contributed by atoms with Gasteiger partial charge in [-0.15, -0.1) is 8.78 Å². The fraction of sp³-hybridized carbons (Fsp3) is 0.290. The predicted molar refractivity (Wildman–Crippen MR) is 153 cm³/mol. The summed E-state index contributed by atoms with van der Waals surface area (Å²) >= 11 is 0. The molecule has 2 aliphatic heterocycles. The molecule has 0 aliphatic carbocycles. The Kier molecular flexibility index (Phi) is 7.77. The number of nitrogens with zero attached hydrogens (tertiary/aromatic N) is 2. The number of carbonyl (C=O) groups excluding carboxylic acids is 2. The number of nitrogens with two attached hydrogens (primary N) is 1. The first-order chi connectivity index (χ1) is 23.2. The molecule has 0 saturated heterocycles. The van der Waals surface area contributed by atoms with Gasteiger partial charge in [-0.3, -0.25) is 14.6 Å². The van der Waals surface area contributed by atoms with Crippen LogP contribution in [0.25, 0.3) is 22.2 Å². The van der Waals surface area contributed by atoms with Crippen molar-refractivity contribution in [3.8, 4) is 34.3 Å². The zero-order valence-electron chi connectivity index (χ0n) is 25.4. The first-order valence-electron chi connectivity index (χ1n) is 14.2. The maximum atomic E-state index is 14.8. The van der Waals surface area contributed by atoms with Gasteiger partial charge in [-0.2, -0.15) is 26.3 Å². The van der Waals surface area contributed by atoms with Crippen molar-refractivity contribution >= 4 is 22.7 Å². The van der Waals surface area contributed by atoms with Crippen molar-refractivity contribution < 1.29 is 68.8 Å². The Morgan fingerprint density at radius 1 is 1.04 bits per heavy atom. The lowest BCUT2D eigenvalue weighted by Gasteiger charge is -2.31. The van der Waals surface area contributed by atoms with Crippen LogP contribution >= 0.6 is 0 Å². The number of aliphatic hydroxyl groups is 1. The summed E-state index contributed by atoms with van der Waals surface area (Å²) in [5.41, 5.74) is -3.88. The van der Waals surface area contributed by atoms with E-state index in [1.165, 1.54) is 6.92 Å². The molecular formula is C31H22F8N4O7. The fourth-order valence-electron chi connectivity index (χ4n) is 5.40. The number of ether oxygens (including phenoxy) is 4. The smallest absolute Gasteiger partial charge is 0.494 e. The van der Waals surface area contributed by atoms with Gasteiger partial charge in [0.15, 0.2) is 11.5 Å². The molecule has 6 rings (SSSR count). The van der Waals surface area contributed by atoms with Gasteiger partial charge in [0.05, 0.1) is 24.9 Å². The molecule has 11 nitrogen and oxygen atoms in total. The second-order valence-corrected chi connectivity index (χ2v) is 11.6. The first kappa shape index (κ1) is 34.4. The number of pyridine rings is 2. The van der Waals surface area contributed by atoms with Gasteiger partial charge in [0.1, 0.15) is 34.7 Å². The van der Waals surface area contributed by atoms with E-state index in [0.29, 0.717) is 12.3 Å². The number of fused-ring (bicyclic) bond motifs is 3. The lowest BCUT2D eigenvalue weighted by Crippen LogP contribution is -2.51. The van der Waals surface area contributed by atoms with Crippen molar-refractivity contribution in [2.45, 2.75) is 36.6 Å². The lowest BCUT2D eigenvalue weighted by atomic mass is 9.81. The van der Waals surface area contributed by atoms with Gasteiger partial charge in [0.25, 0.3) is 5.91 Å². The third-order valence-corrected chi connectivity index (χ3v) is 8.25. The highest BCUT2D eigenvalue weighted by molar-refractivity contribution is 6.00. The molecule has 4 N–H and O–H groups in total. The van der Waals surface area contributed by atoms with Gasteiger partial charge in [0, 0.05) is 28.3 Å². The number of nitrogens with one attached hydrogen (secondary N) is 1. The molecular weight excluding hydrogens is 692 g/mol. The molecule has 264 valence electrons. The van der Waals surface area contributed by atoms with Gasteiger partial charge in [-0.25, -0.2) is 4.98 Å². The highest BCUT2D eigenvalue weighted by Crippen LogP contribution is 2.50. The molecule has 2 atom stereocenters. The maximum Gasteiger partial charge on any atom is 0.586 e. The van der Waals surface area contributed by atoms with Crippen LogP contribution in [0.4, 0.5) is 35.1 Å². The number of amides is 2. The van der Waals surface area contributed by atoms with Crippen molar-refractivity contribution in [3.05, 3.63) is 71.0 Å². The Morgan fingerprint density at radius 2 is 1.74 bits per heavy atom. The summed E-state index contributed by atoms with van der Waals surface area (Å²) in [5.74, 6) is -3.63. The van der Waals surface area contributed by atoms with Crippen LogP contribution in [0, 0.1) is 0 Å². The molecule has 50 heavy (non-hydrogen) atoms. The zero-order chi connectivity index (χ0) is 36.6. The van der Waals surface area contributed by atoms with Crippen LogP contribution in [0.3, 0.4) is 0 Å². The van der Waals surface area contributed by atoms with Gasteiger partial charge in [0.2, 0.25) is 11.5 Å². The Morgan fingerprint density at radius 3 is 2.38 bits per heavy atom. The molecule has 2 aliphatic rings. The number of halogens is 8. The largest absolute Gasteiger partial charge is 0.586 e. The number of hydrogen-bond acceptors (Lipinski definition) is 9. The summed E-state index contributed by atoms with van der Waals surface area (Å²) in [6.07, 6.45) is -13.9. The molecule has 0 saturated carbocycles. The van der Waals surface area contributed by atoms with Crippen molar-refractivity contribution in [2.24, 2.45) is 5.73 Å². The van der Waals surface area contributed by atoms with Crippen LogP contribution in [0.5, 0.6) is 23.0 Å². The zero-order valence-corrected chi connectivity index (χ0v) is 25.4. The number of methoxy groups -OCH3 is 1. The minimum Gasteiger partial charge on any atom is -0.494 e. The van der Waals surface area contributed by atoms with E-state index in [-0.39, 0.29) is 33.5 Å². The van der Waals surface area contributed by atoms with E-state index in [1.54, 1.807) is 0 Å². The summed E-state index contributed by atoms with van der Waals surface area (Å²) in [7, 11) is 1.13. The average Bonchev–Trinajstić information content (AvgIpc) is 3.55. The van der Waals surface area contributed by atoms with Crippen LogP contribution in [-0.4, -0.2) is 59.6 Å². The van der Waals surface area contributed by atoms with Crippen molar-refractivity contribution in [2.75, 3.05) is 20.3 Å². The Balaban J connectivity index is 1.42. The number of alkyl halides is 8. The van der Waals surface area contributed by atoms with E-state index >= 15 is 0 Å². The molecule has 0 radical (unpaired) electrons. The molecule has 0 bridgehead atoms. The summed E-state index contributed by atoms with van der Waals surface area (Å²) in [5, 5.41) is 13.0. The number of rotatable bonds is 7. The minimum absolute atomic E-state index is 0.0781. The molecule has 2 amide bonds. The lowest BCUT2D eigenvalue weighted by molar-refractivity contribution is -0.286. The summed E-state index contributed by atoms with van der Waals surface area (Å²) in [4.78, 5) is 33.4. The fourth-order valence-corrected chi connectivity index (χ4v) is 5.40. The van der Waals surface area contributed by atoms with E-state index in [4.69, 9.17) is 15.2 Å². The van der Waals surface area contributed by atoms with Crippen molar-refractivity contribution in [1.82, 2.24) is 15.3 Å². The van der Waals surface area contributed by atoms with Crippen molar-refractivity contribution in [1.29, 1.82) is 0 Å². The molecule has 0 spiro atoms. The monoisotopic (exact) mass is 714 g/mol. The molecule has 4 aromatic rings. The van der Waals surface area contributed by atoms with Crippen LogP contribution < -0.4 is 30.0 Å². The third-order valence-electron chi connectivity index (χ3n) is 8.25. The quantitative estimate of drug-likeness (QED) is 0.225.